The molecule has 2 aromatic rings. The number of morpholine rings is 1. The van der Waals surface area contributed by atoms with Gasteiger partial charge in [0.2, 0.25) is 0 Å². The molecule has 3 rings (SSSR count). The van der Waals surface area contributed by atoms with E-state index in [1.54, 1.807) is 7.11 Å². The zero-order valence-corrected chi connectivity index (χ0v) is 23.1. The molecule has 1 saturated heterocycles. The van der Waals surface area contributed by atoms with Gasteiger partial charge in [-0.15, -0.1) is 24.0 Å². The van der Waals surface area contributed by atoms with Gasteiger partial charge in [0.1, 0.15) is 5.75 Å². The van der Waals surface area contributed by atoms with Crippen molar-refractivity contribution < 1.29 is 9.47 Å². The average Bonchev–Trinajstić information content (AvgIpc) is 3.05. The minimum absolute atomic E-state index is 0. The van der Waals surface area contributed by atoms with Crippen LogP contribution in [-0.2, 0) is 18.2 Å². The predicted octanol–water partition coefficient (Wildman–Crippen LogP) is 2.83. The summed E-state index contributed by atoms with van der Waals surface area (Å²) in [6, 6.07) is 8.79. The fourth-order valence-corrected chi connectivity index (χ4v) is 4.26. The number of benzene rings is 1. The number of methoxy groups -OCH3 is 1. The minimum atomic E-state index is 0. The van der Waals surface area contributed by atoms with Crippen LogP contribution in [0.25, 0.3) is 0 Å². The van der Waals surface area contributed by atoms with E-state index in [9.17, 15) is 0 Å². The molecule has 0 saturated carbocycles. The second-order valence-electron chi connectivity index (χ2n) is 8.41. The molecule has 1 aliphatic rings. The van der Waals surface area contributed by atoms with Crippen molar-refractivity contribution in [3.8, 4) is 5.75 Å². The lowest BCUT2D eigenvalue weighted by Crippen LogP contribution is -2.48. The summed E-state index contributed by atoms with van der Waals surface area (Å²) in [4.78, 5) is 6.94. The third-order valence-corrected chi connectivity index (χ3v) is 6.23. The van der Waals surface area contributed by atoms with Crippen LogP contribution in [0.2, 0.25) is 0 Å². The molecule has 0 spiro atoms. The number of rotatable bonds is 8. The SMILES string of the molecule is CN=C(NCC(c1ccc(OC)cc1)N1CCOCC1)NC(C)Cc1c(C)nn(C)c1C.I. The molecule has 1 aliphatic heterocycles. The highest BCUT2D eigenvalue weighted by atomic mass is 127. The number of guanidine groups is 1. The molecule has 2 heterocycles. The maximum absolute atomic E-state index is 5.57. The lowest BCUT2D eigenvalue weighted by atomic mass is 10.0. The zero-order valence-electron chi connectivity index (χ0n) is 20.7. The van der Waals surface area contributed by atoms with Gasteiger partial charge in [0.15, 0.2) is 5.96 Å². The summed E-state index contributed by atoms with van der Waals surface area (Å²) in [6.07, 6.45) is 0.900. The van der Waals surface area contributed by atoms with Crippen molar-refractivity contribution in [3.63, 3.8) is 0 Å². The number of hydrogen-bond donors (Lipinski definition) is 2. The van der Waals surface area contributed by atoms with Crippen LogP contribution in [0, 0.1) is 13.8 Å². The Hall–Kier alpha value is -1.85. The molecule has 1 aromatic heterocycles. The van der Waals surface area contributed by atoms with Gasteiger partial charge in [-0.3, -0.25) is 14.6 Å². The summed E-state index contributed by atoms with van der Waals surface area (Å²) in [5, 5.41) is 11.6. The number of aliphatic imine (C=N–C) groups is 1. The van der Waals surface area contributed by atoms with Crippen LogP contribution in [0.4, 0.5) is 0 Å². The molecule has 1 fully saturated rings. The van der Waals surface area contributed by atoms with Crippen molar-refractivity contribution in [1.82, 2.24) is 25.3 Å². The van der Waals surface area contributed by atoms with Gasteiger partial charge in [0.25, 0.3) is 0 Å². The van der Waals surface area contributed by atoms with Crippen LogP contribution in [-0.4, -0.2) is 73.7 Å². The number of aromatic nitrogens is 2. The highest BCUT2D eigenvalue weighted by Crippen LogP contribution is 2.23. The summed E-state index contributed by atoms with van der Waals surface area (Å²) in [6.45, 7) is 10.5. The Morgan fingerprint density at radius 1 is 1.21 bits per heavy atom. The molecule has 2 N–H and O–H groups in total. The van der Waals surface area contributed by atoms with Gasteiger partial charge >= 0.3 is 0 Å². The van der Waals surface area contributed by atoms with E-state index in [1.165, 1.54) is 16.8 Å². The normalized spacial score (nSPS) is 16.6. The molecule has 2 atom stereocenters. The van der Waals surface area contributed by atoms with Gasteiger partial charge in [-0.1, -0.05) is 12.1 Å². The lowest BCUT2D eigenvalue weighted by Gasteiger charge is -2.35. The number of aryl methyl sites for hydroxylation is 2. The first kappa shape index (κ1) is 27.4. The Morgan fingerprint density at radius 2 is 1.88 bits per heavy atom. The zero-order chi connectivity index (χ0) is 23.1. The van der Waals surface area contributed by atoms with E-state index < -0.39 is 0 Å². The minimum Gasteiger partial charge on any atom is -0.497 e. The van der Waals surface area contributed by atoms with Gasteiger partial charge in [-0.2, -0.15) is 5.10 Å². The summed E-state index contributed by atoms with van der Waals surface area (Å²) in [7, 11) is 5.51. The summed E-state index contributed by atoms with van der Waals surface area (Å²) in [5.41, 5.74) is 4.86. The van der Waals surface area contributed by atoms with E-state index in [0.717, 1.165) is 56.7 Å². The van der Waals surface area contributed by atoms with Gasteiger partial charge in [-0.25, -0.2) is 0 Å². The number of halogens is 1. The first-order valence-electron chi connectivity index (χ1n) is 11.3. The molecular formula is C24H39IN6O2. The maximum atomic E-state index is 5.57. The predicted molar refractivity (Wildman–Crippen MR) is 144 cm³/mol. The molecule has 8 nitrogen and oxygen atoms in total. The van der Waals surface area contributed by atoms with E-state index in [0.29, 0.717) is 0 Å². The van der Waals surface area contributed by atoms with Gasteiger partial charge in [-0.05, 0) is 50.5 Å². The van der Waals surface area contributed by atoms with E-state index >= 15 is 0 Å². The molecule has 33 heavy (non-hydrogen) atoms. The second kappa shape index (κ2) is 13.1. The van der Waals surface area contributed by atoms with Crippen LogP contribution in [0.5, 0.6) is 5.75 Å². The third kappa shape index (κ3) is 7.31. The number of nitrogens with zero attached hydrogens (tertiary/aromatic N) is 4. The molecule has 0 amide bonds. The van der Waals surface area contributed by atoms with E-state index in [-0.39, 0.29) is 36.1 Å². The van der Waals surface area contributed by atoms with Gasteiger partial charge < -0.3 is 20.1 Å². The summed E-state index contributed by atoms with van der Waals surface area (Å²) in [5.74, 6) is 1.68. The Kier molecular flexibility index (Phi) is 10.9. The largest absolute Gasteiger partial charge is 0.497 e. The number of nitrogens with one attached hydrogen (secondary N) is 2. The smallest absolute Gasteiger partial charge is 0.191 e. The molecule has 0 aliphatic carbocycles. The van der Waals surface area contributed by atoms with Crippen molar-refractivity contribution in [2.24, 2.45) is 12.0 Å². The van der Waals surface area contributed by atoms with Crippen LogP contribution >= 0.6 is 24.0 Å². The topological polar surface area (TPSA) is 75.9 Å². The fraction of sp³-hybridized carbons (Fsp3) is 0.583. The summed E-state index contributed by atoms with van der Waals surface area (Å²) >= 11 is 0. The molecular weight excluding hydrogens is 531 g/mol. The van der Waals surface area contributed by atoms with Crippen molar-refractivity contribution in [3.05, 3.63) is 46.8 Å². The van der Waals surface area contributed by atoms with Gasteiger partial charge in [0, 0.05) is 45.5 Å². The van der Waals surface area contributed by atoms with E-state index in [4.69, 9.17) is 9.47 Å². The van der Waals surface area contributed by atoms with Crippen molar-refractivity contribution in [2.75, 3.05) is 47.0 Å². The summed E-state index contributed by atoms with van der Waals surface area (Å²) < 4.78 is 12.9. The van der Waals surface area contributed by atoms with Crippen molar-refractivity contribution in [1.29, 1.82) is 0 Å². The molecule has 2 unspecified atom stereocenters. The third-order valence-electron chi connectivity index (χ3n) is 6.23. The molecule has 1 aromatic carbocycles. The van der Waals surface area contributed by atoms with Crippen LogP contribution in [0.1, 0.15) is 35.5 Å². The van der Waals surface area contributed by atoms with E-state index in [1.807, 2.05) is 30.9 Å². The van der Waals surface area contributed by atoms with Gasteiger partial charge in [0.05, 0.1) is 32.1 Å². The lowest BCUT2D eigenvalue weighted by molar-refractivity contribution is 0.0170. The van der Waals surface area contributed by atoms with Crippen LogP contribution < -0.4 is 15.4 Å². The highest BCUT2D eigenvalue weighted by molar-refractivity contribution is 14.0. The molecule has 184 valence electrons. The standard InChI is InChI=1S/C24H38N6O2.HI/c1-17(15-22-18(2)28-29(5)19(22)3)27-24(25-4)26-16-23(30-11-13-32-14-12-30)20-7-9-21(31-6)10-8-20;/h7-10,17,23H,11-16H2,1-6H3,(H2,25,26,27);1H. The average molecular weight is 571 g/mol. The first-order valence-corrected chi connectivity index (χ1v) is 11.3. The second-order valence-corrected chi connectivity index (χ2v) is 8.41. The van der Waals surface area contributed by atoms with E-state index in [2.05, 4.69) is 58.5 Å². The Balaban J connectivity index is 0.00000385. The monoisotopic (exact) mass is 570 g/mol. The Bertz CT molecular complexity index is 893. The Labute approximate surface area is 215 Å². The Morgan fingerprint density at radius 3 is 2.42 bits per heavy atom. The maximum Gasteiger partial charge on any atom is 0.191 e. The van der Waals surface area contributed by atoms with Crippen molar-refractivity contribution >= 4 is 29.9 Å². The highest BCUT2D eigenvalue weighted by Gasteiger charge is 2.23. The number of hydrogen-bond acceptors (Lipinski definition) is 5. The molecule has 9 heteroatoms. The van der Waals surface area contributed by atoms with Crippen LogP contribution in [0.15, 0.2) is 29.3 Å². The quantitative estimate of drug-likeness (QED) is 0.289. The molecule has 0 radical (unpaired) electrons. The number of ether oxygens (including phenoxy) is 2. The van der Waals surface area contributed by atoms with Crippen LogP contribution in [0.3, 0.4) is 0 Å². The van der Waals surface area contributed by atoms with Crippen molar-refractivity contribution in [2.45, 2.75) is 39.3 Å². The molecule has 0 bridgehead atoms. The first-order chi connectivity index (χ1) is 15.4. The fourth-order valence-electron chi connectivity index (χ4n) is 4.26.